The van der Waals surface area contributed by atoms with Gasteiger partial charge in [-0.3, -0.25) is 9.59 Å². The maximum Gasteiger partial charge on any atom is 0.407 e. The van der Waals surface area contributed by atoms with Crippen LogP contribution in [0.25, 0.3) is 0 Å². The van der Waals surface area contributed by atoms with Crippen molar-refractivity contribution >= 4 is 29.7 Å². The molecule has 3 amide bonds. The monoisotopic (exact) mass is 625 g/mol. The van der Waals surface area contributed by atoms with Gasteiger partial charge in [0, 0.05) is 11.3 Å². The number of thioether (sulfide) groups is 1. The van der Waals surface area contributed by atoms with Gasteiger partial charge in [-0.2, -0.15) is 0 Å². The van der Waals surface area contributed by atoms with E-state index in [9.17, 15) is 19.5 Å². The number of carbonyl (C=O) groups excluding carboxylic acids is 3. The zero-order chi connectivity index (χ0) is 31.6. The second-order valence-electron chi connectivity index (χ2n) is 12.5. The highest BCUT2D eigenvalue weighted by atomic mass is 32.2. The van der Waals surface area contributed by atoms with E-state index in [4.69, 9.17) is 14.2 Å². The molecular formula is C33H43N3O7S. The van der Waals surface area contributed by atoms with Crippen molar-refractivity contribution in [3.63, 3.8) is 0 Å². The third-order valence-corrected chi connectivity index (χ3v) is 10.3. The van der Waals surface area contributed by atoms with Gasteiger partial charge in [-0.05, 0) is 69.7 Å². The Balaban J connectivity index is 1.31. The number of benzene rings is 2. The first-order valence-electron chi connectivity index (χ1n) is 15.2. The van der Waals surface area contributed by atoms with Gasteiger partial charge in [0.15, 0.2) is 12.4 Å². The first-order valence-corrected chi connectivity index (χ1v) is 16.1. The first kappa shape index (κ1) is 32.3. The topological polar surface area (TPSA) is 126 Å². The quantitative estimate of drug-likeness (QED) is 0.388. The smallest absolute Gasteiger partial charge is 0.407 e. The lowest BCUT2D eigenvalue weighted by Crippen LogP contribution is -2.58. The molecule has 0 aromatic heterocycles. The Morgan fingerprint density at radius 2 is 1.84 bits per heavy atom. The van der Waals surface area contributed by atoms with Crippen LogP contribution in [0.4, 0.5) is 4.79 Å². The van der Waals surface area contributed by atoms with E-state index in [0.717, 1.165) is 34.2 Å². The number of nitrogens with zero attached hydrogens (tertiary/aromatic N) is 1. The summed E-state index contributed by atoms with van der Waals surface area (Å²) >= 11 is 1.47. The first-order chi connectivity index (χ1) is 20.9. The molecule has 3 fully saturated rings. The van der Waals surface area contributed by atoms with Crippen LogP contribution < -0.4 is 10.6 Å². The van der Waals surface area contributed by atoms with E-state index in [2.05, 4.69) is 10.6 Å². The van der Waals surface area contributed by atoms with Gasteiger partial charge >= 0.3 is 6.09 Å². The Bertz CT molecular complexity index is 1360. The third-order valence-electron chi connectivity index (χ3n) is 8.88. The summed E-state index contributed by atoms with van der Waals surface area (Å²) in [6, 6.07) is 11.8. The van der Waals surface area contributed by atoms with Gasteiger partial charge in [-0.15, -0.1) is 11.8 Å². The highest BCUT2D eigenvalue weighted by Crippen LogP contribution is 2.40. The van der Waals surface area contributed by atoms with E-state index < -0.39 is 41.0 Å². The molecule has 2 aromatic carbocycles. The van der Waals surface area contributed by atoms with Gasteiger partial charge in [-0.25, -0.2) is 4.79 Å². The molecule has 3 aliphatic rings. The molecule has 5 rings (SSSR count). The molecule has 3 aliphatic heterocycles. The molecular weight excluding hydrogens is 582 g/mol. The summed E-state index contributed by atoms with van der Waals surface area (Å²) in [4.78, 5) is 42.1. The van der Waals surface area contributed by atoms with Gasteiger partial charge < -0.3 is 34.9 Å². The molecule has 0 spiro atoms. The number of ether oxygens (including phenoxy) is 3. The van der Waals surface area contributed by atoms with Crippen molar-refractivity contribution in [3.05, 3.63) is 70.3 Å². The van der Waals surface area contributed by atoms with Crippen LogP contribution in [0.2, 0.25) is 0 Å². The summed E-state index contributed by atoms with van der Waals surface area (Å²) in [6.45, 7) is 10.9. The standard InChI is InChI=1S/C33H43N3O7S/c1-19-8-6-11-22(14-19)15-25(35-32(40)43-26-17-42-31-23(26)12-13-41-31)27(37)30(39)36-18-44-33(4,5)28(36)29(38)34-16-24-20(2)9-7-10-21(24)3/h6-11,14,23,25-28,31,37H,12-13,15-18H2,1-5H3,(H,34,38)(H,35,40)/t23-,25-,26-,27-,28+,31+/m0/s1. The number of aliphatic hydroxyl groups is 1. The van der Waals surface area contributed by atoms with Crippen LogP contribution in [0, 0.1) is 26.7 Å². The average molecular weight is 626 g/mol. The Hall–Kier alpha value is -3.12. The minimum atomic E-state index is -1.62. The number of carbonyl (C=O) groups is 3. The lowest BCUT2D eigenvalue weighted by atomic mass is 9.96. The number of aliphatic hydroxyl groups excluding tert-OH is 1. The molecule has 238 valence electrons. The van der Waals surface area contributed by atoms with Crippen LogP contribution in [0.15, 0.2) is 42.5 Å². The summed E-state index contributed by atoms with van der Waals surface area (Å²) in [5, 5.41) is 17.3. The molecule has 3 N–H and O–H groups in total. The number of rotatable bonds is 9. The van der Waals surface area contributed by atoms with Gasteiger partial charge in [0.05, 0.1) is 31.1 Å². The summed E-state index contributed by atoms with van der Waals surface area (Å²) in [6.07, 6.45) is -2.30. The number of fused-ring (bicyclic) bond motifs is 1. The van der Waals surface area contributed by atoms with Crippen molar-refractivity contribution in [2.75, 3.05) is 19.1 Å². The summed E-state index contributed by atoms with van der Waals surface area (Å²) in [7, 11) is 0. The lowest BCUT2D eigenvalue weighted by Gasteiger charge is -2.33. The minimum Gasteiger partial charge on any atom is -0.443 e. The van der Waals surface area contributed by atoms with E-state index in [0.29, 0.717) is 13.2 Å². The van der Waals surface area contributed by atoms with Gasteiger partial charge in [0.2, 0.25) is 5.91 Å². The van der Waals surface area contributed by atoms with Crippen molar-refractivity contribution in [2.45, 2.75) is 89.3 Å². The molecule has 0 saturated carbocycles. The average Bonchev–Trinajstić information content (AvgIpc) is 3.67. The molecule has 11 heteroatoms. The SMILES string of the molecule is Cc1cccc(C[C@H](NC(=O)O[C@H]2CO[C@H]3OCC[C@H]32)[C@H](O)C(=O)N2CSC(C)(C)[C@H]2C(=O)NCc2c(C)cccc2C)c1. The number of amides is 3. The Kier molecular flexibility index (Phi) is 9.89. The maximum atomic E-state index is 14.0. The van der Waals surface area contributed by atoms with Crippen LogP contribution in [0.1, 0.15) is 48.1 Å². The predicted octanol–water partition coefficient (Wildman–Crippen LogP) is 3.37. The Morgan fingerprint density at radius 1 is 1.11 bits per heavy atom. The van der Waals surface area contributed by atoms with Crippen molar-refractivity contribution in [2.24, 2.45) is 5.92 Å². The number of aryl methyl sites for hydroxylation is 3. The van der Waals surface area contributed by atoms with Crippen molar-refractivity contribution in [1.29, 1.82) is 0 Å². The molecule has 0 aliphatic carbocycles. The van der Waals surface area contributed by atoms with Crippen LogP contribution >= 0.6 is 11.8 Å². The maximum absolute atomic E-state index is 14.0. The lowest BCUT2D eigenvalue weighted by molar-refractivity contribution is -0.147. The van der Waals surface area contributed by atoms with Crippen molar-refractivity contribution < 1.29 is 33.7 Å². The van der Waals surface area contributed by atoms with E-state index in [1.165, 1.54) is 16.7 Å². The van der Waals surface area contributed by atoms with Gasteiger partial charge in [-0.1, -0.05) is 48.0 Å². The fourth-order valence-corrected chi connectivity index (χ4v) is 7.50. The zero-order valence-corrected chi connectivity index (χ0v) is 26.8. The number of hydrogen-bond donors (Lipinski definition) is 3. The second-order valence-corrected chi connectivity index (χ2v) is 14.1. The Labute approximate surface area is 263 Å². The predicted molar refractivity (Wildman–Crippen MR) is 167 cm³/mol. The Morgan fingerprint density at radius 3 is 2.57 bits per heavy atom. The van der Waals surface area contributed by atoms with Crippen LogP contribution in [-0.4, -0.2) is 82.3 Å². The second kappa shape index (κ2) is 13.5. The molecule has 2 aromatic rings. The molecule has 44 heavy (non-hydrogen) atoms. The molecule has 3 saturated heterocycles. The molecule has 0 radical (unpaired) electrons. The normalized spacial score (nSPS) is 25.3. The molecule has 3 heterocycles. The van der Waals surface area contributed by atoms with Crippen LogP contribution in [0.3, 0.4) is 0 Å². The largest absolute Gasteiger partial charge is 0.443 e. The molecule has 6 atom stereocenters. The minimum absolute atomic E-state index is 0.0471. The highest BCUT2D eigenvalue weighted by Gasteiger charge is 2.50. The fraction of sp³-hybridized carbons (Fsp3) is 0.545. The summed E-state index contributed by atoms with van der Waals surface area (Å²) in [5.74, 6) is -0.731. The van der Waals surface area contributed by atoms with Crippen LogP contribution in [0.5, 0.6) is 0 Å². The van der Waals surface area contributed by atoms with E-state index in [1.807, 2.05) is 77.1 Å². The van der Waals surface area contributed by atoms with Gasteiger partial charge in [0.1, 0.15) is 12.1 Å². The zero-order valence-electron chi connectivity index (χ0n) is 26.0. The summed E-state index contributed by atoms with van der Waals surface area (Å²) < 4.78 is 16.2. The van der Waals surface area contributed by atoms with Gasteiger partial charge in [0.25, 0.3) is 5.91 Å². The van der Waals surface area contributed by atoms with E-state index in [1.54, 1.807) is 0 Å². The molecule has 0 bridgehead atoms. The molecule has 10 nitrogen and oxygen atoms in total. The summed E-state index contributed by atoms with van der Waals surface area (Å²) in [5.41, 5.74) is 5.04. The number of alkyl carbamates (subject to hydrolysis) is 1. The highest BCUT2D eigenvalue weighted by molar-refractivity contribution is 8.00. The van der Waals surface area contributed by atoms with E-state index in [-0.39, 0.29) is 37.0 Å². The van der Waals surface area contributed by atoms with Crippen molar-refractivity contribution in [1.82, 2.24) is 15.5 Å². The third kappa shape index (κ3) is 7.06. The fourth-order valence-electron chi connectivity index (χ4n) is 6.36. The van der Waals surface area contributed by atoms with Crippen LogP contribution in [-0.2, 0) is 36.8 Å². The van der Waals surface area contributed by atoms with E-state index >= 15 is 0 Å². The number of hydrogen-bond acceptors (Lipinski definition) is 8. The number of nitrogens with one attached hydrogen (secondary N) is 2. The molecule has 0 unspecified atom stereocenters. The van der Waals surface area contributed by atoms with Crippen molar-refractivity contribution in [3.8, 4) is 0 Å².